The Kier molecular flexibility index (Phi) is 4.82. The molecule has 0 unspecified atom stereocenters. The molecule has 6 nitrogen and oxygen atoms in total. The molecule has 0 aromatic heterocycles. The van der Waals surface area contributed by atoms with Gasteiger partial charge in [-0.25, -0.2) is 8.42 Å². The second-order valence-electron chi connectivity index (χ2n) is 7.61. The number of nitrogens with zero attached hydrogens (tertiary/aromatic N) is 1. The van der Waals surface area contributed by atoms with Gasteiger partial charge in [0.05, 0.1) is 10.5 Å². The van der Waals surface area contributed by atoms with Crippen molar-refractivity contribution >= 4 is 16.0 Å². The molecule has 134 valence electrons. The molecular formula is C17H25NO5S. The van der Waals surface area contributed by atoms with Gasteiger partial charge < -0.3 is 9.84 Å². The summed E-state index contributed by atoms with van der Waals surface area (Å²) in [6.07, 6.45) is 0.00695. The summed E-state index contributed by atoms with van der Waals surface area (Å²) in [5, 5.41) is 10.3. The van der Waals surface area contributed by atoms with Gasteiger partial charge in [0.2, 0.25) is 10.0 Å². The number of hydrogen-bond donors (Lipinski definition) is 1. The SMILES string of the molecule is Cc1ccc(S(=O)(=O)N2C[C@](C)(O)C[C@H]2C(=O)OC(C)(C)C)cc1. The number of carbonyl (C=O) groups excluding carboxylic acids is 1. The molecule has 0 bridgehead atoms. The first kappa shape index (κ1) is 18.9. The monoisotopic (exact) mass is 355 g/mol. The van der Waals surface area contributed by atoms with Crippen LogP contribution in [-0.4, -0.2) is 47.6 Å². The van der Waals surface area contributed by atoms with Crippen LogP contribution in [0.3, 0.4) is 0 Å². The zero-order valence-electron chi connectivity index (χ0n) is 14.7. The van der Waals surface area contributed by atoms with E-state index in [0.29, 0.717) is 0 Å². The maximum atomic E-state index is 12.9. The van der Waals surface area contributed by atoms with E-state index in [2.05, 4.69) is 0 Å². The Morgan fingerprint density at radius 2 is 1.83 bits per heavy atom. The molecule has 1 N–H and O–H groups in total. The number of benzene rings is 1. The fourth-order valence-electron chi connectivity index (χ4n) is 2.70. The third kappa shape index (κ3) is 4.15. The maximum absolute atomic E-state index is 12.9. The largest absolute Gasteiger partial charge is 0.459 e. The van der Waals surface area contributed by atoms with Gasteiger partial charge in [-0.1, -0.05) is 17.7 Å². The smallest absolute Gasteiger partial charge is 0.325 e. The first-order valence-corrected chi connectivity index (χ1v) is 9.30. The maximum Gasteiger partial charge on any atom is 0.325 e. The van der Waals surface area contributed by atoms with E-state index in [-0.39, 0.29) is 17.9 Å². The zero-order chi connectivity index (χ0) is 18.3. The number of aryl methyl sites for hydroxylation is 1. The summed E-state index contributed by atoms with van der Waals surface area (Å²) in [6.45, 7) is 8.40. The van der Waals surface area contributed by atoms with Gasteiger partial charge in [0.15, 0.2) is 0 Å². The zero-order valence-corrected chi connectivity index (χ0v) is 15.6. The van der Waals surface area contributed by atoms with Crippen molar-refractivity contribution in [1.29, 1.82) is 0 Å². The summed E-state index contributed by atoms with van der Waals surface area (Å²) in [4.78, 5) is 12.5. The van der Waals surface area contributed by atoms with E-state index in [4.69, 9.17) is 4.74 Å². The number of esters is 1. The van der Waals surface area contributed by atoms with E-state index in [1.165, 1.54) is 19.1 Å². The molecule has 1 saturated heterocycles. The van der Waals surface area contributed by atoms with Crippen LogP contribution < -0.4 is 0 Å². The van der Waals surface area contributed by atoms with Gasteiger partial charge >= 0.3 is 5.97 Å². The Morgan fingerprint density at radius 3 is 2.33 bits per heavy atom. The molecule has 0 spiro atoms. The third-order valence-electron chi connectivity index (χ3n) is 3.78. The molecule has 2 atom stereocenters. The van der Waals surface area contributed by atoms with Gasteiger partial charge in [-0.05, 0) is 46.8 Å². The lowest BCUT2D eigenvalue weighted by Crippen LogP contribution is -2.43. The highest BCUT2D eigenvalue weighted by molar-refractivity contribution is 7.89. The second-order valence-corrected chi connectivity index (χ2v) is 9.50. The van der Waals surface area contributed by atoms with E-state index in [9.17, 15) is 18.3 Å². The van der Waals surface area contributed by atoms with Gasteiger partial charge in [-0.3, -0.25) is 4.79 Å². The molecule has 7 heteroatoms. The molecule has 1 aliphatic rings. The summed E-state index contributed by atoms with van der Waals surface area (Å²) in [5.41, 5.74) is -1.07. The predicted octanol–water partition coefficient (Wildman–Crippen LogP) is 1.85. The minimum absolute atomic E-state index is 0.00695. The minimum Gasteiger partial charge on any atom is -0.459 e. The van der Waals surface area contributed by atoms with Crippen LogP contribution in [0.15, 0.2) is 29.2 Å². The summed E-state index contributed by atoms with van der Waals surface area (Å²) in [5.74, 6) is -0.643. The number of sulfonamides is 1. The van der Waals surface area contributed by atoms with Crippen molar-refractivity contribution in [2.75, 3.05) is 6.54 Å². The molecule has 1 aromatic carbocycles. The number of aliphatic hydroxyl groups is 1. The van der Waals surface area contributed by atoms with Crippen molar-refractivity contribution in [2.45, 2.75) is 63.2 Å². The molecule has 0 saturated carbocycles. The Morgan fingerprint density at radius 1 is 1.29 bits per heavy atom. The number of hydrogen-bond acceptors (Lipinski definition) is 5. The fraction of sp³-hybridized carbons (Fsp3) is 0.588. The van der Waals surface area contributed by atoms with Crippen LogP contribution in [0.2, 0.25) is 0 Å². The highest BCUT2D eigenvalue weighted by Crippen LogP contribution is 2.33. The van der Waals surface area contributed by atoms with Gasteiger partial charge in [0, 0.05) is 13.0 Å². The molecule has 1 fully saturated rings. The van der Waals surface area contributed by atoms with Crippen LogP contribution in [0.25, 0.3) is 0 Å². The number of rotatable bonds is 3. The second kappa shape index (κ2) is 6.13. The van der Waals surface area contributed by atoms with Crippen molar-refractivity contribution in [3.8, 4) is 0 Å². The normalized spacial score (nSPS) is 25.7. The lowest BCUT2D eigenvalue weighted by molar-refractivity contribution is -0.159. The number of carbonyl (C=O) groups is 1. The summed E-state index contributed by atoms with van der Waals surface area (Å²) in [7, 11) is -3.90. The quantitative estimate of drug-likeness (QED) is 0.837. The van der Waals surface area contributed by atoms with Gasteiger partial charge in [-0.2, -0.15) is 4.31 Å². The minimum atomic E-state index is -3.90. The number of β-amino-alcohol motifs (C(OH)–C–C–N with tert-alkyl or cyclic N) is 1. The predicted molar refractivity (Wildman–Crippen MR) is 89.9 cm³/mol. The third-order valence-corrected chi connectivity index (χ3v) is 5.65. The lowest BCUT2D eigenvalue weighted by Gasteiger charge is -2.26. The van der Waals surface area contributed by atoms with Crippen molar-refractivity contribution in [3.05, 3.63) is 29.8 Å². The molecule has 1 aliphatic heterocycles. The lowest BCUT2D eigenvalue weighted by atomic mass is 10.0. The topological polar surface area (TPSA) is 83.9 Å². The van der Waals surface area contributed by atoms with Gasteiger partial charge in [0.1, 0.15) is 11.6 Å². The van der Waals surface area contributed by atoms with Crippen LogP contribution in [0, 0.1) is 6.92 Å². The van der Waals surface area contributed by atoms with Crippen LogP contribution in [0.4, 0.5) is 0 Å². The summed E-state index contributed by atoms with van der Waals surface area (Å²) < 4.78 is 32.2. The first-order valence-electron chi connectivity index (χ1n) is 7.86. The standard InChI is InChI=1S/C17H25NO5S/c1-12-6-8-13(9-7-12)24(21,22)18-11-17(5,20)10-14(18)15(19)23-16(2,3)4/h6-9,14,20H,10-11H2,1-5H3/t14-,17+/m0/s1. The fourth-order valence-corrected chi connectivity index (χ4v) is 4.39. The molecule has 1 aromatic rings. The van der Waals surface area contributed by atoms with E-state index < -0.39 is 33.2 Å². The van der Waals surface area contributed by atoms with E-state index in [1.807, 2.05) is 6.92 Å². The molecule has 0 amide bonds. The van der Waals surface area contributed by atoms with Crippen LogP contribution in [-0.2, 0) is 19.6 Å². The molecular weight excluding hydrogens is 330 g/mol. The highest BCUT2D eigenvalue weighted by atomic mass is 32.2. The summed E-state index contributed by atoms with van der Waals surface area (Å²) in [6, 6.07) is 5.37. The molecule has 1 heterocycles. The molecule has 2 rings (SSSR count). The average Bonchev–Trinajstić information content (AvgIpc) is 2.74. The molecule has 0 radical (unpaired) electrons. The van der Waals surface area contributed by atoms with E-state index in [0.717, 1.165) is 9.87 Å². The highest BCUT2D eigenvalue weighted by Gasteiger charge is 2.50. The van der Waals surface area contributed by atoms with Crippen LogP contribution in [0.1, 0.15) is 39.7 Å². The van der Waals surface area contributed by atoms with Crippen molar-refractivity contribution < 1.29 is 23.1 Å². The summed E-state index contributed by atoms with van der Waals surface area (Å²) >= 11 is 0. The van der Waals surface area contributed by atoms with Crippen molar-refractivity contribution in [3.63, 3.8) is 0 Å². The molecule has 24 heavy (non-hydrogen) atoms. The Balaban J connectivity index is 2.37. The van der Waals surface area contributed by atoms with Crippen LogP contribution >= 0.6 is 0 Å². The number of ether oxygens (including phenoxy) is 1. The Labute approximate surface area is 143 Å². The van der Waals surface area contributed by atoms with Crippen LogP contribution in [0.5, 0.6) is 0 Å². The van der Waals surface area contributed by atoms with Crippen molar-refractivity contribution in [1.82, 2.24) is 4.31 Å². The molecule has 0 aliphatic carbocycles. The van der Waals surface area contributed by atoms with E-state index in [1.54, 1.807) is 32.9 Å². The average molecular weight is 355 g/mol. The van der Waals surface area contributed by atoms with Gasteiger partial charge in [0.25, 0.3) is 0 Å². The van der Waals surface area contributed by atoms with E-state index >= 15 is 0 Å². The first-order chi connectivity index (χ1) is 10.8. The Bertz CT molecular complexity index is 716. The van der Waals surface area contributed by atoms with Crippen molar-refractivity contribution in [2.24, 2.45) is 0 Å². The Hall–Kier alpha value is -1.44. The van der Waals surface area contributed by atoms with Gasteiger partial charge in [-0.15, -0.1) is 0 Å².